The van der Waals surface area contributed by atoms with Gasteiger partial charge in [-0.3, -0.25) is 0 Å². The van der Waals surface area contributed by atoms with Crippen molar-refractivity contribution in [2.45, 2.75) is 156 Å². The van der Waals surface area contributed by atoms with E-state index in [0.29, 0.717) is 53.9 Å². The first-order valence-corrected chi connectivity index (χ1v) is 18.2. The summed E-state index contributed by atoms with van der Waals surface area (Å²) >= 11 is 0. The predicted octanol–water partition coefficient (Wildman–Crippen LogP) is 7.19. The van der Waals surface area contributed by atoms with E-state index in [0.717, 1.165) is 24.7 Å². The number of fused-ring (bicyclic) bond motifs is 4. The molecule has 7 nitrogen and oxygen atoms in total. The van der Waals surface area contributed by atoms with Gasteiger partial charge in [0.2, 0.25) is 0 Å². The van der Waals surface area contributed by atoms with Crippen molar-refractivity contribution in [3.63, 3.8) is 0 Å². The average Bonchev–Trinajstić information content (AvgIpc) is 3.53. The largest absolute Gasteiger partial charge is 0.444 e. The number of rotatable bonds is 4. The van der Waals surface area contributed by atoms with Gasteiger partial charge in [0.1, 0.15) is 5.60 Å². The maximum atomic E-state index is 12.8. The van der Waals surface area contributed by atoms with Crippen LogP contribution in [-0.4, -0.2) is 72.1 Å². The van der Waals surface area contributed by atoms with Gasteiger partial charge in [-0.05, 0) is 136 Å². The Balaban J connectivity index is 1.03. The van der Waals surface area contributed by atoms with Gasteiger partial charge in [-0.2, -0.15) is 0 Å². The second-order valence-corrected chi connectivity index (χ2v) is 18.4. The normalized spacial score (nSPS) is 48.4. The summed E-state index contributed by atoms with van der Waals surface area (Å²) in [7, 11) is 0. The van der Waals surface area contributed by atoms with E-state index in [9.17, 15) is 9.90 Å². The number of carbonyl (C=O) groups excluding carboxylic acids is 1. The molecular formula is C37H61NO6. The number of hydrogen-bond acceptors (Lipinski definition) is 6. The highest BCUT2D eigenvalue weighted by Crippen LogP contribution is 2.87. The molecular weight excluding hydrogens is 554 g/mol. The van der Waals surface area contributed by atoms with Crippen molar-refractivity contribution in [1.29, 1.82) is 0 Å². The number of amides is 1. The summed E-state index contributed by atoms with van der Waals surface area (Å²) < 4.78 is 25.3. The van der Waals surface area contributed by atoms with E-state index in [-0.39, 0.29) is 35.7 Å². The molecule has 0 aromatic rings. The second kappa shape index (κ2) is 10.6. The van der Waals surface area contributed by atoms with Gasteiger partial charge < -0.3 is 29.0 Å². The molecule has 0 aromatic carbocycles. The van der Waals surface area contributed by atoms with Crippen LogP contribution < -0.4 is 0 Å². The molecule has 1 N–H and O–H groups in total. The zero-order chi connectivity index (χ0) is 31.4. The lowest BCUT2D eigenvalue weighted by molar-refractivity contribution is -0.243. The molecule has 2 aliphatic heterocycles. The molecule has 5 saturated carbocycles. The highest BCUT2D eigenvalue weighted by molar-refractivity contribution is 5.68. The molecule has 9 unspecified atom stereocenters. The third-order valence-electron chi connectivity index (χ3n) is 14.6. The maximum absolute atomic E-state index is 12.8. The summed E-state index contributed by atoms with van der Waals surface area (Å²) in [6.45, 7) is 19.0. The Hall–Kier alpha value is -0.890. The molecule has 7 fully saturated rings. The minimum absolute atomic E-state index is 0.0115. The van der Waals surface area contributed by atoms with Gasteiger partial charge in [-0.25, -0.2) is 4.79 Å². The van der Waals surface area contributed by atoms with Gasteiger partial charge in [0.05, 0.1) is 37.6 Å². The van der Waals surface area contributed by atoms with E-state index in [1.54, 1.807) is 4.90 Å². The number of carbonyl (C=O) groups is 1. The van der Waals surface area contributed by atoms with Crippen molar-refractivity contribution in [3.05, 3.63) is 0 Å². The molecule has 2 spiro atoms. The van der Waals surface area contributed by atoms with Crippen LogP contribution in [0.3, 0.4) is 0 Å². The van der Waals surface area contributed by atoms with Crippen molar-refractivity contribution in [2.75, 3.05) is 19.7 Å². The first-order chi connectivity index (χ1) is 20.6. The van der Waals surface area contributed by atoms with E-state index in [2.05, 4.69) is 34.6 Å². The highest BCUT2D eigenvalue weighted by Gasteiger charge is 2.80. The second-order valence-electron chi connectivity index (χ2n) is 18.4. The standard InChI is InChI=1S/C37H61NO6/c1-22(2)31(39)26-11-9-24-27(42-26)19-25-23-10-12-28-34(6,7)29(13-14-37(28)21-36(23,37)16-15-35(24,25)8)43-30-20-38(17-18-41-30)32(40)44-33(3,4)5/h22-31,39H,9-21H2,1-8H3/t23?,24?,25?,26?,27?,28?,29-,30?,31+,35?,36-,37?/m0/s1. The van der Waals surface area contributed by atoms with E-state index >= 15 is 0 Å². The zero-order valence-corrected chi connectivity index (χ0v) is 28.9. The van der Waals surface area contributed by atoms with Crippen molar-refractivity contribution in [1.82, 2.24) is 4.90 Å². The molecule has 2 saturated heterocycles. The number of morpholine rings is 1. The van der Waals surface area contributed by atoms with Crippen molar-refractivity contribution >= 4 is 6.09 Å². The average molecular weight is 616 g/mol. The molecule has 7 rings (SSSR count). The smallest absolute Gasteiger partial charge is 0.410 e. The van der Waals surface area contributed by atoms with Gasteiger partial charge in [0.15, 0.2) is 6.29 Å². The van der Waals surface area contributed by atoms with Crippen LogP contribution in [0, 0.1) is 51.2 Å². The minimum Gasteiger partial charge on any atom is -0.444 e. The number of nitrogens with zero attached hydrogens (tertiary/aromatic N) is 1. The van der Waals surface area contributed by atoms with Crippen molar-refractivity contribution in [2.24, 2.45) is 51.2 Å². The summed E-state index contributed by atoms with van der Waals surface area (Å²) in [5, 5.41) is 10.8. The molecule has 12 atom stereocenters. The summed E-state index contributed by atoms with van der Waals surface area (Å²) in [5.41, 5.74) is 0.906. The van der Waals surface area contributed by atoms with Crippen LogP contribution in [0.1, 0.15) is 120 Å². The first kappa shape index (κ1) is 31.7. The summed E-state index contributed by atoms with van der Waals surface area (Å²) in [5.74, 6) is 3.15. The topological polar surface area (TPSA) is 77.5 Å². The molecule has 250 valence electrons. The van der Waals surface area contributed by atoms with Crippen LogP contribution in [0.5, 0.6) is 0 Å². The van der Waals surface area contributed by atoms with Gasteiger partial charge in [-0.15, -0.1) is 0 Å². The van der Waals surface area contributed by atoms with E-state index < -0.39 is 11.9 Å². The monoisotopic (exact) mass is 615 g/mol. The quantitative estimate of drug-likeness (QED) is 0.361. The third kappa shape index (κ3) is 4.74. The fourth-order valence-electron chi connectivity index (χ4n) is 12.6. The Labute approximate surface area is 266 Å². The van der Waals surface area contributed by atoms with Crippen molar-refractivity contribution < 1.29 is 28.8 Å². The molecule has 0 radical (unpaired) electrons. The summed E-state index contributed by atoms with van der Waals surface area (Å²) in [6.07, 6.45) is 12.0. The zero-order valence-electron chi connectivity index (χ0n) is 28.9. The SMILES string of the molecule is CC(C)[C@@H](O)C1CCC2C(CC3C4CCC5C(C)(C)[C@@H](OC6CN(C(=O)OC(C)(C)C)CCO6)CCC56C[C@@]46CCC23C)O1. The Bertz CT molecular complexity index is 1120. The van der Waals surface area contributed by atoms with Crippen LogP contribution in [0.15, 0.2) is 0 Å². The van der Waals surface area contributed by atoms with Crippen LogP contribution in [0.2, 0.25) is 0 Å². The maximum Gasteiger partial charge on any atom is 0.410 e. The molecule has 0 bridgehead atoms. The third-order valence-corrected chi connectivity index (χ3v) is 14.6. The molecule has 5 aliphatic carbocycles. The first-order valence-electron chi connectivity index (χ1n) is 18.2. The Kier molecular flexibility index (Phi) is 7.60. The molecule has 44 heavy (non-hydrogen) atoms. The number of hydrogen-bond donors (Lipinski definition) is 1. The summed E-state index contributed by atoms with van der Waals surface area (Å²) in [6, 6.07) is 0. The van der Waals surface area contributed by atoms with E-state index in [4.69, 9.17) is 18.9 Å². The highest BCUT2D eigenvalue weighted by atomic mass is 16.7. The lowest BCUT2D eigenvalue weighted by Crippen LogP contribution is -2.56. The molecule has 7 aliphatic rings. The van der Waals surface area contributed by atoms with Crippen LogP contribution in [-0.2, 0) is 18.9 Å². The minimum atomic E-state index is -0.511. The molecule has 2 heterocycles. The molecule has 7 heteroatoms. The van der Waals surface area contributed by atoms with Crippen LogP contribution in [0.25, 0.3) is 0 Å². The predicted molar refractivity (Wildman–Crippen MR) is 169 cm³/mol. The number of ether oxygens (including phenoxy) is 4. The Morgan fingerprint density at radius 3 is 2.43 bits per heavy atom. The fourth-order valence-corrected chi connectivity index (χ4v) is 12.6. The Morgan fingerprint density at radius 1 is 0.955 bits per heavy atom. The van der Waals surface area contributed by atoms with E-state index in [1.165, 1.54) is 51.4 Å². The lowest BCUT2D eigenvalue weighted by atomic mass is 9.46. The lowest BCUT2D eigenvalue weighted by Gasteiger charge is -2.60. The molecule has 1 amide bonds. The number of aliphatic hydroxyl groups excluding tert-OH is 1. The van der Waals surface area contributed by atoms with Gasteiger partial charge in [0, 0.05) is 6.54 Å². The molecule has 0 aromatic heterocycles. The number of aliphatic hydroxyl groups is 1. The van der Waals surface area contributed by atoms with Crippen LogP contribution in [0.4, 0.5) is 4.79 Å². The summed E-state index contributed by atoms with van der Waals surface area (Å²) in [4.78, 5) is 14.5. The fraction of sp³-hybridized carbons (Fsp3) is 0.973. The van der Waals surface area contributed by atoms with Crippen molar-refractivity contribution in [3.8, 4) is 0 Å². The van der Waals surface area contributed by atoms with E-state index in [1.807, 2.05) is 20.8 Å². The Morgan fingerprint density at radius 2 is 1.70 bits per heavy atom. The van der Waals surface area contributed by atoms with Gasteiger partial charge in [0.25, 0.3) is 0 Å². The van der Waals surface area contributed by atoms with Crippen LogP contribution >= 0.6 is 0 Å². The van der Waals surface area contributed by atoms with Gasteiger partial charge in [-0.1, -0.05) is 34.6 Å². The van der Waals surface area contributed by atoms with Gasteiger partial charge >= 0.3 is 6.09 Å².